The molecule has 0 radical (unpaired) electrons. The number of aryl methyl sites for hydroxylation is 1. The molecule has 2 N–H and O–H groups in total. The molecule has 0 fully saturated rings. The van der Waals surface area contributed by atoms with Crippen LogP contribution in [0.3, 0.4) is 0 Å². The predicted molar refractivity (Wildman–Crippen MR) is 71.5 cm³/mol. The second-order valence-corrected chi connectivity index (χ2v) is 3.95. The van der Waals surface area contributed by atoms with Crippen molar-refractivity contribution in [2.24, 2.45) is 7.05 Å². The number of anilines is 1. The van der Waals surface area contributed by atoms with E-state index in [0.717, 1.165) is 0 Å². The van der Waals surface area contributed by atoms with Gasteiger partial charge < -0.3 is 10.4 Å². The first kappa shape index (κ1) is 13.8. The summed E-state index contributed by atoms with van der Waals surface area (Å²) in [7, 11) is 1.66. The summed E-state index contributed by atoms with van der Waals surface area (Å²) < 4.78 is 15.2. The number of benzene rings is 1. The number of aromatic nitrogens is 2. The van der Waals surface area contributed by atoms with Crippen LogP contribution in [0.5, 0.6) is 0 Å². The summed E-state index contributed by atoms with van der Waals surface area (Å²) in [6.45, 7) is -0.298. The SMILES string of the molecule is Cn1nccc1NC(=O)c1cc(C#CCO)ccc1F. The zero-order valence-electron chi connectivity index (χ0n) is 10.7. The van der Waals surface area contributed by atoms with E-state index in [9.17, 15) is 9.18 Å². The van der Waals surface area contributed by atoms with Crippen molar-refractivity contribution in [3.63, 3.8) is 0 Å². The summed E-state index contributed by atoms with van der Waals surface area (Å²) in [5, 5.41) is 15.1. The average Bonchev–Trinajstić information content (AvgIpc) is 2.83. The van der Waals surface area contributed by atoms with Crippen molar-refractivity contribution >= 4 is 11.7 Å². The highest BCUT2D eigenvalue weighted by molar-refractivity contribution is 6.04. The monoisotopic (exact) mass is 273 g/mol. The van der Waals surface area contributed by atoms with E-state index in [4.69, 9.17) is 5.11 Å². The van der Waals surface area contributed by atoms with Crippen LogP contribution in [0.25, 0.3) is 0 Å². The van der Waals surface area contributed by atoms with Gasteiger partial charge in [0.1, 0.15) is 18.2 Å². The van der Waals surface area contributed by atoms with Crippen molar-refractivity contribution in [1.29, 1.82) is 0 Å². The van der Waals surface area contributed by atoms with Gasteiger partial charge in [0.2, 0.25) is 0 Å². The molecule has 2 aromatic rings. The van der Waals surface area contributed by atoms with Gasteiger partial charge in [-0.25, -0.2) is 4.39 Å². The first-order valence-electron chi connectivity index (χ1n) is 5.80. The number of aliphatic hydroxyl groups is 1. The van der Waals surface area contributed by atoms with Crippen LogP contribution >= 0.6 is 0 Å². The Labute approximate surface area is 115 Å². The molecule has 0 aliphatic heterocycles. The fourth-order valence-corrected chi connectivity index (χ4v) is 1.60. The Kier molecular flexibility index (Phi) is 4.13. The minimum absolute atomic E-state index is 0.115. The number of hydrogen-bond donors (Lipinski definition) is 2. The number of rotatable bonds is 2. The van der Waals surface area contributed by atoms with Gasteiger partial charge in [-0.3, -0.25) is 9.48 Å². The van der Waals surface area contributed by atoms with Crippen LogP contribution in [0, 0.1) is 17.7 Å². The fraction of sp³-hybridized carbons (Fsp3) is 0.143. The summed E-state index contributed by atoms with van der Waals surface area (Å²) >= 11 is 0. The van der Waals surface area contributed by atoms with Gasteiger partial charge in [-0.15, -0.1) is 0 Å². The Morgan fingerprint density at radius 2 is 2.30 bits per heavy atom. The highest BCUT2D eigenvalue weighted by Gasteiger charge is 2.13. The van der Waals surface area contributed by atoms with Crippen LogP contribution in [-0.2, 0) is 7.05 Å². The maximum Gasteiger partial charge on any atom is 0.259 e. The predicted octanol–water partition coefficient (Wildman–Crippen LogP) is 1.16. The van der Waals surface area contributed by atoms with Gasteiger partial charge in [0.05, 0.1) is 11.8 Å². The molecule has 0 unspecified atom stereocenters. The molecule has 0 spiro atoms. The van der Waals surface area contributed by atoms with Gasteiger partial charge in [0.25, 0.3) is 5.91 Å². The smallest absolute Gasteiger partial charge is 0.259 e. The number of carbonyl (C=O) groups is 1. The van der Waals surface area contributed by atoms with Crippen molar-refractivity contribution < 1.29 is 14.3 Å². The zero-order valence-corrected chi connectivity index (χ0v) is 10.7. The van der Waals surface area contributed by atoms with Gasteiger partial charge in [0.15, 0.2) is 0 Å². The summed E-state index contributed by atoms with van der Waals surface area (Å²) in [4.78, 5) is 12.0. The molecule has 0 saturated carbocycles. The van der Waals surface area contributed by atoms with E-state index >= 15 is 0 Å². The number of carbonyl (C=O) groups excluding carboxylic acids is 1. The third-order valence-electron chi connectivity index (χ3n) is 2.59. The molecular formula is C14H12FN3O2. The normalized spacial score (nSPS) is 9.75. The molecule has 6 heteroatoms. The lowest BCUT2D eigenvalue weighted by Gasteiger charge is -2.06. The van der Waals surface area contributed by atoms with Crippen LogP contribution in [-0.4, -0.2) is 27.4 Å². The largest absolute Gasteiger partial charge is 0.384 e. The highest BCUT2D eigenvalue weighted by atomic mass is 19.1. The molecule has 0 bridgehead atoms. The summed E-state index contributed by atoms with van der Waals surface area (Å²) in [6, 6.07) is 5.55. The van der Waals surface area contributed by atoms with Crippen molar-refractivity contribution in [2.45, 2.75) is 0 Å². The lowest BCUT2D eigenvalue weighted by Crippen LogP contribution is -2.16. The van der Waals surface area contributed by atoms with Crippen molar-refractivity contribution in [1.82, 2.24) is 9.78 Å². The van der Waals surface area contributed by atoms with Crippen molar-refractivity contribution in [3.8, 4) is 11.8 Å². The lowest BCUT2D eigenvalue weighted by molar-refractivity contribution is 0.102. The van der Waals surface area contributed by atoms with Crippen molar-refractivity contribution in [3.05, 3.63) is 47.4 Å². The highest BCUT2D eigenvalue weighted by Crippen LogP contribution is 2.13. The molecule has 0 aliphatic rings. The van der Waals surface area contributed by atoms with E-state index in [0.29, 0.717) is 11.4 Å². The lowest BCUT2D eigenvalue weighted by atomic mass is 10.1. The Hall–Kier alpha value is -2.65. The van der Waals surface area contributed by atoms with E-state index < -0.39 is 11.7 Å². The number of hydrogen-bond acceptors (Lipinski definition) is 3. The van der Waals surface area contributed by atoms with Gasteiger partial charge in [-0.2, -0.15) is 5.10 Å². The van der Waals surface area contributed by atoms with E-state index in [1.807, 2.05) is 0 Å². The zero-order chi connectivity index (χ0) is 14.5. The molecule has 0 saturated heterocycles. The van der Waals surface area contributed by atoms with Crippen LogP contribution in [0.4, 0.5) is 10.2 Å². The Morgan fingerprint density at radius 1 is 1.50 bits per heavy atom. The molecule has 5 nitrogen and oxygen atoms in total. The molecule has 102 valence electrons. The van der Waals surface area contributed by atoms with Crippen LogP contribution < -0.4 is 5.32 Å². The summed E-state index contributed by atoms with van der Waals surface area (Å²) in [6.07, 6.45) is 1.52. The second kappa shape index (κ2) is 5.99. The first-order valence-corrected chi connectivity index (χ1v) is 5.80. The molecule has 20 heavy (non-hydrogen) atoms. The molecule has 0 atom stereocenters. The number of amides is 1. The Morgan fingerprint density at radius 3 is 2.95 bits per heavy atom. The number of nitrogens with zero attached hydrogens (tertiary/aromatic N) is 2. The topological polar surface area (TPSA) is 67.2 Å². The minimum atomic E-state index is -0.640. The van der Waals surface area contributed by atoms with Gasteiger partial charge in [-0.1, -0.05) is 11.8 Å². The van der Waals surface area contributed by atoms with Gasteiger partial charge in [-0.05, 0) is 18.2 Å². The molecule has 1 aromatic heterocycles. The fourth-order valence-electron chi connectivity index (χ4n) is 1.60. The van der Waals surface area contributed by atoms with Crippen LogP contribution in [0.2, 0.25) is 0 Å². The first-order chi connectivity index (χ1) is 9.61. The average molecular weight is 273 g/mol. The van der Waals surface area contributed by atoms with Crippen LogP contribution in [0.15, 0.2) is 30.5 Å². The van der Waals surface area contributed by atoms with Gasteiger partial charge >= 0.3 is 0 Å². The number of aliphatic hydroxyl groups excluding tert-OH is 1. The minimum Gasteiger partial charge on any atom is -0.384 e. The Balaban J connectivity index is 2.27. The maximum absolute atomic E-state index is 13.7. The molecule has 0 aliphatic carbocycles. The summed E-state index contributed by atoms with van der Waals surface area (Å²) in [5.74, 6) is 4.30. The van der Waals surface area contributed by atoms with E-state index in [2.05, 4.69) is 22.3 Å². The number of nitrogens with one attached hydrogen (secondary N) is 1. The molecular weight excluding hydrogens is 261 g/mol. The van der Waals surface area contributed by atoms with E-state index in [1.54, 1.807) is 13.1 Å². The third kappa shape index (κ3) is 3.02. The van der Waals surface area contributed by atoms with Gasteiger partial charge in [0, 0.05) is 18.7 Å². The summed E-state index contributed by atoms with van der Waals surface area (Å²) in [5.41, 5.74) is 0.339. The standard InChI is InChI=1S/C14H12FN3O2/c1-18-13(6-7-16-18)17-14(20)11-9-10(3-2-8-19)4-5-12(11)15/h4-7,9,19H,8H2,1H3,(H,17,20). The maximum atomic E-state index is 13.7. The Bertz CT molecular complexity index is 698. The van der Waals surface area contributed by atoms with Crippen LogP contribution in [0.1, 0.15) is 15.9 Å². The van der Waals surface area contributed by atoms with Crippen molar-refractivity contribution in [2.75, 3.05) is 11.9 Å². The van der Waals surface area contributed by atoms with E-state index in [1.165, 1.54) is 29.1 Å². The quantitative estimate of drug-likeness (QED) is 0.807. The molecule has 2 rings (SSSR count). The molecule has 1 amide bonds. The number of halogens is 1. The molecule has 1 heterocycles. The van der Waals surface area contributed by atoms with E-state index in [-0.39, 0.29) is 12.2 Å². The third-order valence-corrected chi connectivity index (χ3v) is 2.59. The molecule has 1 aromatic carbocycles. The second-order valence-electron chi connectivity index (χ2n) is 3.95.